The van der Waals surface area contributed by atoms with E-state index in [1.165, 1.54) is 0 Å². The molecule has 0 spiro atoms. The molecule has 2 nitrogen and oxygen atoms in total. The molecule has 0 saturated carbocycles. The van der Waals surface area contributed by atoms with Gasteiger partial charge in [0.25, 0.3) is 0 Å². The fraction of sp³-hybridized carbons (Fsp3) is 0. The number of hydrogen-bond donors (Lipinski definition) is 0. The summed E-state index contributed by atoms with van der Waals surface area (Å²) in [5, 5.41) is 0. The molecule has 7 aromatic rings. The zero-order valence-electron chi connectivity index (χ0n) is 27.4. The Balaban J connectivity index is 1.11. The monoisotopic (exact) mass is 636 g/mol. The van der Waals surface area contributed by atoms with E-state index in [2.05, 4.69) is 161 Å². The lowest BCUT2D eigenvalue weighted by molar-refractivity contribution is 1.28. The summed E-state index contributed by atoms with van der Waals surface area (Å²) in [5.41, 5.74) is 10.7. The van der Waals surface area contributed by atoms with Gasteiger partial charge >= 0.3 is 0 Å². The van der Waals surface area contributed by atoms with E-state index in [-0.39, 0.29) is 0 Å². The van der Waals surface area contributed by atoms with E-state index in [1.807, 2.05) is 66.7 Å². The Bertz CT molecular complexity index is 2110. The van der Waals surface area contributed by atoms with Gasteiger partial charge in [-0.05, 0) is 115 Å². The van der Waals surface area contributed by atoms with E-state index in [0.717, 1.165) is 61.9 Å². The molecule has 0 aromatic heterocycles. The average Bonchev–Trinajstić information content (AvgIpc) is 3.19. The van der Waals surface area contributed by atoms with Crippen LogP contribution in [0.25, 0.3) is 0 Å². The van der Waals surface area contributed by atoms with Crippen molar-refractivity contribution >= 4 is 34.1 Å². The molecule has 2 heteroatoms. The number of hydrogen-bond acceptors (Lipinski definition) is 2. The van der Waals surface area contributed by atoms with Crippen molar-refractivity contribution in [2.75, 3.05) is 9.80 Å². The quantitative estimate of drug-likeness (QED) is 0.168. The standard InChI is InChI=1S/C48H32N2/c1-2-38-35-41(25-23-39-27-31-47(32-28-39)49(43-15-7-3-8-16-43)44-17-9-4-10-18-44)37-42(36-38)26-24-40-29-33-48(34-30-40)50(45-19-11-5-12-20-45)46-21-13-6-14-22-46/h1,3-22,27-37H. The molecule has 0 heterocycles. The molecule has 0 fully saturated rings. The largest absolute Gasteiger partial charge is 0.311 e. The van der Waals surface area contributed by atoms with Gasteiger partial charge in [0.15, 0.2) is 0 Å². The molecular weight excluding hydrogens is 605 g/mol. The van der Waals surface area contributed by atoms with Gasteiger partial charge in [-0.3, -0.25) is 0 Å². The Labute approximate surface area is 294 Å². The predicted molar refractivity (Wildman–Crippen MR) is 209 cm³/mol. The Kier molecular flexibility index (Phi) is 9.52. The van der Waals surface area contributed by atoms with Crippen molar-refractivity contribution in [2.24, 2.45) is 0 Å². The Morgan fingerprint density at radius 3 is 0.840 bits per heavy atom. The first-order chi connectivity index (χ1) is 24.7. The molecule has 0 saturated heterocycles. The first-order valence-electron chi connectivity index (χ1n) is 16.4. The molecule has 7 rings (SSSR count). The molecule has 0 unspecified atom stereocenters. The van der Waals surface area contributed by atoms with Gasteiger partial charge < -0.3 is 9.80 Å². The summed E-state index contributed by atoms with van der Waals surface area (Å²) in [6.45, 7) is 0. The topological polar surface area (TPSA) is 6.48 Å². The van der Waals surface area contributed by atoms with Gasteiger partial charge in [0.05, 0.1) is 0 Å². The highest BCUT2D eigenvalue weighted by atomic mass is 15.1. The Morgan fingerprint density at radius 1 is 0.280 bits per heavy atom. The van der Waals surface area contributed by atoms with Crippen molar-refractivity contribution in [3.05, 3.63) is 216 Å². The second-order valence-electron chi connectivity index (χ2n) is 11.6. The Morgan fingerprint density at radius 2 is 0.540 bits per heavy atom. The van der Waals surface area contributed by atoms with Crippen LogP contribution in [-0.2, 0) is 0 Å². The molecule has 234 valence electrons. The smallest absolute Gasteiger partial charge is 0.0462 e. The van der Waals surface area contributed by atoms with Gasteiger partial charge in [-0.25, -0.2) is 0 Å². The fourth-order valence-electron chi connectivity index (χ4n) is 5.73. The van der Waals surface area contributed by atoms with Crippen molar-refractivity contribution in [3.8, 4) is 36.0 Å². The van der Waals surface area contributed by atoms with Crippen LogP contribution in [0.15, 0.2) is 188 Å². The summed E-state index contributed by atoms with van der Waals surface area (Å²) in [4.78, 5) is 4.46. The van der Waals surface area contributed by atoms with E-state index in [1.54, 1.807) is 0 Å². The van der Waals surface area contributed by atoms with Crippen molar-refractivity contribution in [1.82, 2.24) is 0 Å². The molecule has 0 radical (unpaired) electrons. The first-order valence-corrected chi connectivity index (χ1v) is 16.4. The van der Waals surface area contributed by atoms with Crippen LogP contribution in [0.3, 0.4) is 0 Å². The third kappa shape index (κ3) is 7.51. The lowest BCUT2D eigenvalue weighted by Crippen LogP contribution is -2.09. The van der Waals surface area contributed by atoms with Crippen LogP contribution in [0.4, 0.5) is 34.1 Å². The number of anilines is 6. The van der Waals surface area contributed by atoms with Gasteiger partial charge in [0.1, 0.15) is 0 Å². The molecule has 0 aliphatic heterocycles. The maximum absolute atomic E-state index is 5.83. The summed E-state index contributed by atoms with van der Waals surface area (Å²) < 4.78 is 0. The summed E-state index contributed by atoms with van der Waals surface area (Å²) in [6, 6.07) is 63.9. The molecule has 0 N–H and O–H groups in total. The molecule has 0 aliphatic rings. The number of para-hydroxylation sites is 4. The van der Waals surface area contributed by atoms with Crippen molar-refractivity contribution in [3.63, 3.8) is 0 Å². The Hall–Kier alpha value is -7.18. The van der Waals surface area contributed by atoms with E-state index >= 15 is 0 Å². The van der Waals surface area contributed by atoms with Gasteiger partial charge in [0.2, 0.25) is 0 Å². The molecular formula is C48H32N2. The van der Waals surface area contributed by atoms with Crippen molar-refractivity contribution in [2.45, 2.75) is 0 Å². The number of nitrogens with zero attached hydrogens (tertiary/aromatic N) is 2. The van der Waals surface area contributed by atoms with Gasteiger partial charge in [-0.1, -0.05) is 102 Å². The van der Waals surface area contributed by atoms with E-state index < -0.39 is 0 Å². The molecule has 0 atom stereocenters. The van der Waals surface area contributed by atoms with Gasteiger partial charge in [-0.15, -0.1) is 6.42 Å². The van der Waals surface area contributed by atoms with Crippen LogP contribution in [0.2, 0.25) is 0 Å². The normalized spacial score (nSPS) is 10.1. The minimum Gasteiger partial charge on any atom is -0.311 e. The third-order valence-electron chi connectivity index (χ3n) is 8.11. The zero-order chi connectivity index (χ0) is 34.0. The fourth-order valence-corrected chi connectivity index (χ4v) is 5.73. The lowest BCUT2D eigenvalue weighted by atomic mass is 10.1. The molecule has 0 bridgehead atoms. The van der Waals surface area contributed by atoms with Crippen LogP contribution < -0.4 is 9.80 Å². The second-order valence-corrected chi connectivity index (χ2v) is 11.6. The number of benzene rings is 7. The summed E-state index contributed by atoms with van der Waals surface area (Å²) in [7, 11) is 0. The summed E-state index contributed by atoms with van der Waals surface area (Å²) >= 11 is 0. The zero-order valence-corrected chi connectivity index (χ0v) is 27.4. The lowest BCUT2D eigenvalue weighted by Gasteiger charge is -2.25. The van der Waals surface area contributed by atoms with Crippen molar-refractivity contribution in [1.29, 1.82) is 0 Å². The van der Waals surface area contributed by atoms with Crippen molar-refractivity contribution < 1.29 is 0 Å². The minimum atomic E-state index is 0.745. The molecule has 50 heavy (non-hydrogen) atoms. The minimum absolute atomic E-state index is 0.745. The van der Waals surface area contributed by atoms with Gasteiger partial charge in [-0.2, -0.15) is 0 Å². The van der Waals surface area contributed by atoms with Gasteiger partial charge in [0, 0.05) is 61.9 Å². The van der Waals surface area contributed by atoms with E-state index in [0.29, 0.717) is 0 Å². The van der Waals surface area contributed by atoms with Crippen LogP contribution in [0.1, 0.15) is 27.8 Å². The molecule has 0 aliphatic carbocycles. The van der Waals surface area contributed by atoms with Crippen LogP contribution >= 0.6 is 0 Å². The van der Waals surface area contributed by atoms with Crippen LogP contribution in [-0.4, -0.2) is 0 Å². The average molecular weight is 637 g/mol. The number of rotatable bonds is 6. The highest BCUT2D eigenvalue weighted by Crippen LogP contribution is 2.35. The van der Waals surface area contributed by atoms with Crippen LogP contribution in [0, 0.1) is 36.0 Å². The summed E-state index contributed by atoms with van der Waals surface area (Å²) in [6.07, 6.45) is 5.83. The first kappa shape index (κ1) is 31.4. The molecule has 0 amide bonds. The molecule has 7 aromatic carbocycles. The number of terminal acetylenes is 1. The van der Waals surface area contributed by atoms with E-state index in [9.17, 15) is 0 Å². The SMILES string of the molecule is C#Cc1cc(C#Cc2ccc(N(c3ccccc3)c3ccccc3)cc2)cc(C#Cc2ccc(N(c3ccccc3)c3ccccc3)cc2)c1. The highest BCUT2D eigenvalue weighted by molar-refractivity contribution is 5.78. The maximum atomic E-state index is 5.83. The predicted octanol–water partition coefficient (Wildman–Crippen LogP) is 11.4. The summed E-state index contributed by atoms with van der Waals surface area (Å²) in [5.74, 6) is 16.0. The third-order valence-corrected chi connectivity index (χ3v) is 8.11. The highest BCUT2D eigenvalue weighted by Gasteiger charge is 2.12. The van der Waals surface area contributed by atoms with Crippen LogP contribution in [0.5, 0.6) is 0 Å². The second kappa shape index (κ2) is 15.2. The maximum Gasteiger partial charge on any atom is 0.0462 e. The van der Waals surface area contributed by atoms with E-state index in [4.69, 9.17) is 6.42 Å².